The molecule has 1 saturated carbocycles. The lowest BCUT2D eigenvalue weighted by Gasteiger charge is -2.34. The summed E-state index contributed by atoms with van der Waals surface area (Å²) in [4.78, 5) is 12.3. The molecule has 0 spiro atoms. The molecule has 4 nitrogen and oxygen atoms in total. The zero-order valence-corrected chi connectivity index (χ0v) is 15.1. The first kappa shape index (κ1) is 15.8. The van der Waals surface area contributed by atoms with E-state index in [1.807, 2.05) is 0 Å². The van der Waals surface area contributed by atoms with Crippen LogP contribution < -0.4 is 4.90 Å². The number of aromatic nitrogens is 2. The van der Waals surface area contributed by atoms with Crippen molar-refractivity contribution in [2.24, 2.45) is 0 Å². The average Bonchev–Trinajstić information content (AvgIpc) is 3.53. The molecule has 0 amide bonds. The maximum atomic E-state index is 5.61. The monoisotopic (exact) mass is 345 g/mol. The largest absolute Gasteiger partial charge is 0.377 e. The van der Waals surface area contributed by atoms with Gasteiger partial charge in [-0.05, 0) is 30.5 Å². The van der Waals surface area contributed by atoms with E-state index >= 15 is 0 Å². The molecule has 0 bridgehead atoms. The molecule has 0 radical (unpaired) electrons. The molecule has 26 heavy (non-hydrogen) atoms. The predicted molar refractivity (Wildman–Crippen MR) is 105 cm³/mol. The number of hydrogen-bond donors (Lipinski definition) is 0. The van der Waals surface area contributed by atoms with Gasteiger partial charge < -0.3 is 9.64 Å². The van der Waals surface area contributed by atoms with Gasteiger partial charge in [-0.3, -0.25) is 0 Å². The van der Waals surface area contributed by atoms with Gasteiger partial charge in [-0.1, -0.05) is 42.5 Å². The number of rotatable bonds is 3. The molecule has 2 aliphatic rings. The summed E-state index contributed by atoms with van der Waals surface area (Å²) in [6, 6.07) is 17.4. The third kappa shape index (κ3) is 2.84. The maximum Gasteiger partial charge on any atom is 0.162 e. The van der Waals surface area contributed by atoms with Crippen molar-refractivity contribution < 1.29 is 4.74 Å². The normalized spacial score (nSPS) is 20.5. The molecule has 2 fully saturated rings. The molecule has 2 aromatic carbocycles. The highest BCUT2D eigenvalue weighted by Gasteiger charge is 2.28. The van der Waals surface area contributed by atoms with E-state index in [4.69, 9.17) is 14.7 Å². The molecule has 3 aromatic rings. The van der Waals surface area contributed by atoms with Crippen LogP contribution in [0.15, 0.2) is 48.5 Å². The standard InChI is InChI=1S/C22H23N3O/c1-15-14-26-12-11-25(15)21-13-20(17-9-10-17)23-22(24-21)19-8-4-6-16-5-2-3-7-18(16)19/h2-8,13,15,17H,9-12,14H2,1H3. The summed E-state index contributed by atoms with van der Waals surface area (Å²) in [7, 11) is 0. The second-order valence-electron chi connectivity index (χ2n) is 7.39. The van der Waals surface area contributed by atoms with Gasteiger partial charge in [0.2, 0.25) is 0 Å². The third-order valence-electron chi connectivity index (χ3n) is 5.42. The van der Waals surface area contributed by atoms with E-state index in [0.29, 0.717) is 12.0 Å². The highest BCUT2D eigenvalue weighted by molar-refractivity contribution is 5.95. The van der Waals surface area contributed by atoms with Crippen LogP contribution in [-0.2, 0) is 4.74 Å². The zero-order valence-electron chi connectivity index (χ0n) is 15.1. The summed E-state index contributed by atoms with van der Waals surface area (Å²) in [5, 5.41) is 2.44. The minimum Gasteiger partial charge on any atom is -0.377 e. The predicted octanol–water partition coefficient (Wildman–Crippen LogP) is 4.40. The molecule has 132 valence electrons. The van der Waals surface area contributed by atoms with Crippen LogP contribution in [0.2, 0.25) is 0 Å². The van der Waals surface area contributed by atoms with Crippen LogP contribution in [0.25, 0.3) is 22.2 Å². The molecule has 2 heterocycles. The first-order valence-corrected chi connectivity index (χ1v) is 9.51. The van der Waals surface area contributed by atoms with Gasteiger partial charge in [-0.2, -0.15) is 0 Å². The van der Waals surface area contributed by atoms with Crippen molar-refractivity contribution in [2.75, 3.05) is 24.7 Å². The third-order valence-corrected chi connectivity index (χ3v) is 5.42. The fourth-order valence-corrected chi connectivity index (χ4v) is 3.80. The van der Waals surface area contributed by atoms with E-state index in [-0.39, 0.29) is 0 Å². The number of anilines is 1. The van der Waals surface area contributed by atoms with Crippen LogP contribution in [0.5, 0.6) is 0 Å². The molecule has 0 N–H and O–H groups in total. The minimum atomic E-state index is 0.339. The Balaban J connectivity index is 1.66. The van der Waals surface area contributed by atoms with Gasteiger partial charge in [0.25, 0.3) is 0 Å². The highest BCUT2D eigenvalue weighted by atomic mass is 16.5. The molecule has 1 aromatic heterocycles. The Morgan fingerprint density at radius 3 is 2.73 bits per heavy atom. The first-order chi connectivity index (χ1) is 12.8. The second-order valence-corrected chi connectivity index (χ2v) is 7.39. The van der Waals surface area contributed by atoms with E-state index in [0.717, 1.165) is 37.0 Å². The van der Waals surface area contributed by atoms with E-state index in [1.54, 1.807) is 0 Å². The number of hydrogen-bond acceptors (Lipinski definition) is 4. The maximum absolute atomic E-state index is 5.61. The van der Waals surface area contributed by atoms with Gasteiger partial charge >= 0.3 is 0 Å². The lowest BCUT2D eigenvalue weighted by atomic mass is 10.0. The summed E-state index contributed by atoms with van der Waals surface area (Å²) in [6.07, 6.45) is 2.48. The molecular formula is C22H23N3O. The fraction of sp³-hybridized carbons (Fsp3) is 0.364. The van der Waals surface area contributed by atoms with E-state index in [9.17, 15) is 0 Å². The molecule has 5 rings (SSSR count). The summed E-state index contributed by atoms with van der Waals surface area (Å²) >= 11 is 0. The van der Waals surface area contributed by atoms with Crippen LogP contribution in [0.3, 0.4) is 0 Å². The first-order valence-electron chi connectivity index (χ1n) is 9.51. The van der Waals surface area contributed by atoms with Crippen molar-refractivity contribution in [1.29, 1.82) is 0 Å². The van der Waals surface area contributed by atoms with Gasteiger partial charge in [-0.15, -0.1) is 0 Å². The molecule has 1 unspecified atom stereocenters. The molecule has 1 atom stereocenters. The summed E-state index contributed by atoms with van der Waals surface area (Å²) in [5.41, 5.74) is 2.31. The number of ether oxygens (including phenoxy) is 1. The van der Waals surface area contributed by atoms with E-state index in [2.05, 4.69) is 60.4 Å². The summed E-state index contributed by atoms with van der Waals surface area (Å²) < 4.78 is 5.61. The van der Waals surface area contributed by atoms with Gasteiger partial charge in [0.1, 0.15) is 5.82 Å². The number of benzene rings is 2. The Bertz CT molecular complexity index is 946. The number of nitrogens with zero attached hydrogens (tertiary/aromatic N) is 3. The Kier molecular flexibility index (Phi) is 3.86. The van der Waals surface area contributed by atoms with Crippen molar-refractivity contribution >= 4 is 16.6 Å². The Hall–Kier alpha value is -2.46. The summed E-state index contributed by atoms with van der Waals surface area (Å²) in [5.74, 6) is 2.49. The Labute approximate surface area is 153 Å². The Morgan fingerprint density at radius 1 is 1.04 bits per heavy atom. The van der Waals surface area contributed by atoms with Crippen LogP contribution in [0, 0.1) is 0 Å². The lowest BCUT2D eigenvalue weighted by molar-refractivity contribution is 0.0985. The van der Waals surface area contributed by atoms with Crippen LogP contribution in [0.1, 0.15) is 31.4 Å². The van der Waals surface area contributed by atoms with Crippen LogP contribution in [-0.4, -0.2) is 35.8 Å². The molecule has 1 saturated heterocycles. The summed E-state index contributed by atoms with van der Waals surface area (Å²) in [6.45, 7) is 4.61. The van der Waals surface area contributed by atoms with Gasteiger partial charge in [-0.25, -0.2) is 9.97 Å². The van der Waals surface area contributed by atoms with Gasteiger partial charge in [0.05, 0.1) is 19.3 Å². The smallest absolute Gasteiger partial charge is 0.162 e. The van der Waals surface area contributed by atoms with Crippen molar-refractivity contribution in [1.82, 2.24) is 9.97 Å². The van der Waals surface area contributed by atoms with Gasteiger partial charge in [0.15, 0.2) is 5.82 Å². The minimum absolute atomic E-state index is 0.339. The Morgan fingerprint density at radius 2 is 1.88 bits per heavy atom. The highest BCUT2D eigenvalue weighted by Crippen LogP contribution is 2.41. The molecule has 1 aliphatic heterocycles. The topological polar surface area (TPSA) is 38.2 Å². The quantitative estimate of drug-likeness (QED) is 0.705. The van der Waals surface area contributed by atoms with E-state index in [1.165, 1.54) is 29.3 Å². The zero-order chi connectivity index (χ0) is 17.5. The molecular weight excluding hydrogens is 322 g/mol. The van der Waals surface area contributed by atoms with E-state index < -0.39 is 0 Å². The number of fused-ring (bicyclic) bond motifs is 1. The average molecular weight is 345 g/mol. The van der Waals surface area contributed by atoms with Crippen LogP contribution >= 0.6 is 0 Å². The van der Waals surface area contributed by atoms with Gasteiger partial charge in [0, 0.05) is 29.8 Å². The van der Waals surface area contributed by atoms with Crippen molar-refractivity contribution in [3.05, 3.63) is 54.2 Å². The lowest BCUT2D eigenvalue weighted by Crippen LogP contribution is -2.44. The van der Waals surface area contributed by atoms with Crippen molar-refractivity contribution in [2.45, 2.75) is 31.7 Å². The molecule has 4 heteroatoms. The van der Waals surface area contributed by atoms with Crippen molar-refractivity contribution in [3.8, 4) is 11.4 Å². The SMILES string of the molecule is CC1COCCN1c1cc(C2CC2)nc(-c2cccc3ccccc23)n1. The van der Waals surface area contributed by atoms with Crippen molar-refractivity contribution in [3.63, 3.8) is 0 Å². The molecule has 1 aliphatic carbocycles. The number of morpholine rings is 1. The fourth-order valence-electron chi connectivity index (χ4n) is 3.80. The van der Waals surface area contributed by atoms with Crippen LogP contribution in [0.4, 0.5) is 5.82 Å². The second kappa shape index (κ2) is 6.36.